The van der Waals surface area contributed by atoms with E-state index < -0.39 is 0 Å². The van der Waals surface area contributed by atoms with Crippen molar-refractivity contribution in [2.75, 3.05) is 25.6 Å². The molecule has 198 valence electrons. The molecule has 39 heavy (non-hydrogen) atoms. The van der Waals surface area contributed by atoms with Crippen molar-refractivity contribution in [2.24, 2.45) is 0 Å². The van der Waals surface area contributed by atoms with Crippen molar-refractivity contribution >= 4 is 28.4 Å². The number of anilines is 2. The van der Waals surface area contributed by atoms with Crippen LogP contribution in [0, 0.1) is 0 Å². The molecule has 0 radical (unpaired) electrons. The molecule has 3 heterocycles. The molecule has 5 aromatic rings. The lowest BCUT2D eigenvalue weighted by Gasteiger charge is -2.15. The molecule has 2 aromatic carbocycles. The van der Waals surface area contributed by atoms with Crippen LogP contribution in [0.3, 0.4) is 0 Å². The number of carbonyl (C=O) groups excluding carboxylic acids is 1. The molecular weight excluding hydrogens is 494 g/mol. The number of ether oxygens (including phenoxy) is 1. The van der Waals surface area contributed by atoms with Crippen LogP contribution in [-0.4, -0.2) is 39.6 Å². The van der Waals surface area contributed by atoms with E-state index in [1.165, 1.54) is 13.2 Å². The molecule has 10 nitrogen and oxygen atoms in total. The van der Waals surface area contributed by atoms with Crippen molar-refractivity contribution in [1.82, 2.24) is 24.8 Å². The predicted octanol–water partition coefficient (Wildman–Crippen LogP) is 3.62. The van der Waals surface area contributed by atoms with Crippen LogP contribution in [0.2, 0.25) is 0 Å². The number of benzene rings is 2. The molecule has 10 heteroatoms. The first-order valence-corrected chi connectivity index (χ1v) is 12.2. The maximum atomic E-state index is 13.6. The largest absolute Gasteiger partial charge is 0.481 e. The van der Waals surface area contributed by atoms with Gasteiger partial charge in [0, 0.05) is 36.9 Å². The van der Waals surface area contributed by atoms with Gasteiger partial charge in [-0.05, 0) is 47.2 Å². The fourth-order valence-electron chi connectivity index (χ4n) is 4.18. The third-order valence-corrected chi connectivity index (χ3v) is 6.06. The van der Waals surface area contributed by atoms with E-state index in [1.807, 2.05) is 65.2 Å². The molecule has 0 saturated carbocycles. The lowest BCUT2D eigenvalue weighted by atomic mass is 9.99. The van der Waals surface area contributed by atoms with Crippen molar-refractivity contribution in [3.05, 3.63) is 101 Å². The minimum atomic E-state index is -0.326. The maximum Gasteiger partial charge on any atom is 0.263 e. The molecule has 0 saturated heterocycles. The second kappa shape index (κ2) is 11.9. The van der Waals surface area contributed by atoms with Crippen molar-refractivity contribution in [1.29, 1.82) is 0 Å². The Morgan fingerprint density at radius 1 is 1.03 bits per heavy atom. The summed E-state index contributed by atoms with van der Waals surface area (Å²) in [5, 5.41) is 4.04. The minimum absolute atomic E-state index is 0.0121. The van der Waals surface area contributed by atoms with Crippen LogP contribution >= 0.6 is 0 Å². The predicted molar refractivity (Wildman–Crippen MR) is 153 cm³/mol. The average Bonchev–Trinajstić information content (AvgIpc) is 2.97. The highest BCUT2D eigenvalue weighted by atomic mass is 16.5. The Bertz CT molecular complexity index is 1680. The number of pyridine rings is 2. The van der Waals surface area contributed by atoms with E-state index in [0.29, 0.717) is 11.3 Å². The Hall–Kier alpha value is -5.25. The normalized spacial score (nSPS) is 10.4. The fraction of sp³-hybridized carbons (Fsp3) is 0.138. The van der Waals surface area contributed by atoms with Crippen molar-refractivity contribution < 1.29 is 9.53 Å². The van der Waals surface area contributed by atoms with E-state index >= 15 is 0 Å². The summed E-state index contributed by atoms with van der Waals surface area (Å²) < 4.78 is 7.06. The third-order valence-electron chi connectivity index (χ3n) is 6.06. The molecule has 3 aromatic heterocycles. The van der Waals surface area contributed by atoms with Gasteiger partial charge in [0.15, 0.2) is 0 Å². The number of aromatic nitrogens is 4. The van der Waals surface area contributed by atoms with Gasteiger partial charge in [-0.15, -0.1) is 0 Å². The van der Waals surface area contributed by atoms with Crippen LogP contribution in [0.5, 0.6) is 5.88 Å². The van der Waals surface area contributed by atoms with E-state index in [1.54, 1.807) is 13.3 Å². The van der Waals surface area contributed by atoms with Crippen LogP contribution in [0.1, 0.15) is 23.0 Å². The number of fused-ring (bicyclic) bond motifs is 1. The molecule has 5 N–H and O–H groups in total. The van der Waals surface area contributed by atoms with Crippen LogP contribution in [0.25, 0.3) is 27.6 Å². The number of rotatable bonds is 5. The van der Waals surface area contributed by atoms with Gasteiger partial charge in [0.25, 0.3) is 11.5 Å². The summed E-state index contributed by atoms with van der Waals surface area (Å²) in [4.78, 5) is 36.0. The number of amides is 1. The molecular formula is C29H29N7O3. The third kappa shape index (κ3) is 5.69. The quantitative estimate of drug-likeness (QED) is 0.316. The summed E-state index contributed by atoms with van der Waals surface area (Å²) >= 11 is 0. The number of nitrogens with zero attached hydrogens (tertiary/aromatic N) is 4. The van der Waals surface area contributed by atoms with Crippen molar-refractivity contribution in [3.8, 4) is 22.7 Å². The Balaban J connectivity index is 0.000000247. The Morgan fingerprint density at radius 3 is 2.46 bits per heavy atom. The number of hydrogen-bond acceptors (Lipinski definition) is 8. The zero-order valence-electron chi connectivity index (χ0n) is 21.9. The van der Waals surface area contributed by atoms with E-state index in [2.05, 4.69) is 33.3 Å². The monoisotopic (exact) mass is 523 g/mol. The van der Waals surface area contributed by atoms with Gasteiger partial charge in [0.1, 0.15) is 5.82 Å². The van der Waals surface area contributed by atoms with Crippen LogP contribution in [0.15, 0.2) is 83.9 Å². The Labute approximate surface area is 225 Å². The summed E-state index contributed by atoms with van der Waals surface area (Å²) in [5.41, 5.74) is 14.5. The maximum absolute atomic E-state index is 13.6. The topological polar surface area (TPSA) is 151 Å². The van der Waals surface area contributed by atoms with E-state index in [-0.39, 0.29) is 28.8 Å². The standard InChI is InChI=1S/C23H20N2O2.C6H9N5O/c1-3-18-14-17-8-7-11-20(16-12-13-24-21(15-16)27-2)22(17)23(26)25(18)19-9-5-4-6-10-19;1-9-5(12)3-2-10-6(8)11-4(3)7/h4-15H,3H2,1-2H3;2H,1H3,(H,9,12)(H4,7,8,10,11). The lowest BCUT2D eigenvalue weighted by molar-refractivity contribution is 0.0963. The number of nitrogens with two attached hydrogens (primary N) is 2. The summed E-state index contributed by atoms with van der Waals surface area (Å²) in [6, 6.07) is 21.6. The summed E-state index contributed by atoms with van der Waals surface area (Å²) in [5.74, 6) is 0.340. The molecule has 0 bridgehead atoms. The Kier molecular flexibility index (Phi) is 8.15. The Morgan fingerprint density at radius 2 is 1.79 bits per heavy atom. The van der Waals surface area contributed by atoms with Crippen LogP contribution < -0.4 is 27.1 Å². The van der Waals surface area contributed by atoms with Gasteiger partial charge in [-0.3, -0.25) is 14.2 Å². The van der Waals surface area contributed by atoms with E-state index in [0.717, 1.165) is 34.3 Å². The smallest absolute Gasteiger partial charge is 0.263 e. The molecule has 0 atom stereocenters. The number of aryl methyl sites for hydroxylation is 1. The summed E-state index contributed by atoms with van der Waals surface area (Å²) in [6.07, 6.45) is 3.76. The van der Waals surface area contributed by atoms with Crippen molar-refractivity contribution in [2.45, 2.75) is 13.3 Å². The molecule has 5 rings (SSSR count). The second-order valence-corrected chi connectivity index (χ2v) is 8.43. The molecule has 0 fully saturated rings. The average molecular weight is 524 g/mol. The summed E-state index contributed by atoms with van der Waals surface area (Å²) in [6.45, 7) is 2.07. The first kappa shape index (κ1) is 26.8. The van der Waals surface area contributed by atoms with Gasteiger partial charge in [0.2, 0.25) is 11.8 Å². The molecule has 0 spiro atoms. The highest BCUT2D eigenvalue weighted by molar-refractivity contribution is 5.98. The molecule has 0 aliphatic rings. The lowest BCUT2D eigenvalue weighted by Crippen LogP contribution is -2.22. The van der Waals surface area contributed by atoms with Crippen molar-refractivity contribution in [3.63, 3.8) is 0 Å². The van der Waals surface area contributed by atoms with Gasteiger partial charge >= 0.3 is 0 Å². The number of para-hydroxylation sites is 1. The summed E-state index contributed by atoms with van der Waals surface area (Å²) in [7, 11) is 3.09. The highest BCUT2D eigenvalue weighted by Crippen LogP contribution is 2.29. The van der Waals surface area contributed by atoms with E-state index in [9.17, 15) is 9.59 Å². The fourth-order valence-corrected chi connectivity index (χ4v) is 4.18. The van der Waals surface area contributed by atoms with Crippen LogP contribution in [0.4, 0.5) is 11.8 Å². The van der Waals surface area contributed by atoms with Gasteiger partial charge in [-0.1, -0.05) is 43.3 Å². The number of methoxy groups -OCH3 is 1. The van der Waals surface area contributed by atoms with E-state index in [4.69, 9.17) is 16.2 Å². The minimum Gasteiger partial charge on any atom is -0.481 e. The number of carbonyl (C=O) groups is 1. The first-order valence-electron chi connectivity index (χ1n) is 12.2. The van der Waals surface area contributed by atoms with Gasteiger partial charge in [0.05, 0.1) is 18.1 Å². The van der Waals surface area contributed by atoms with Gasteiger partial charge < -0.3 is 21.5 Å². The molecule has 0 aliphatic carbocycles. The molecule has 0 aliphatic heterocycles. The van der Waals surface area contributed by atoms with Gasteiger partial charge in [-0.25, -0.2) is 9.97 Å². The first-order chi connectivity index (χ1) is 18.9. The SMILES string of the molecule is CCc1cc2cccc(-c3ccnc(OC)c3)c2c(=O)n1-c1ccccc1.CNC(=O)c1cnc(N)nc1N. The zero-order chi connectivity index (χ0) is 27.9. The second-order valence-electron chi connectivity index (χ2n) is 8.43. The number of nitrogen functional groups attached to an aromatic ring is 2. The highest BCUT2D eigenvalue weighted by Gasteiger charge is 2.14. The molecule has 1 amide bonds. The number of hydrogen-bond donors (Lipinski definition) is 3. The van der Waals surface area contributed by atoms with Gasteiger partial charge in [-0.2, -0.15) is 4.98 Å². The zero-order valence-corrected chi connectivity index (χ0v) is 21.9. The number of nitrogens with one attached hydrogen (secondary N) is 1. The molecule has 0 unspecified atom stereocenters. The van der Waals surface area contributed by atoms with Crippen LogP contribution in [-0.2, 0) is 6.42 Å².